The molecule has 0 aromatic heterocycles. The SMILES string of the molecule is COC(=O)C[C@@H](c1ccc([N+](=O)[O-])cc1)[C@@H](NC(=O)C(c1ccccc1)(c1ccccc1)c1ccccc1)C(=O)OC. The van der Waals surface area contributed by atoms with E-state index in [1.807, 2.05) is 91.0 Å². The summed E-state index contributed by atoms with van der Waals surface area (Å²) in [5, 5.41) is 14.2. The van der Waals surface area contributed by atoms with Crippen molar-refractivity contribution in [1.29, 1.82) is 0 Å². The second kappa shape index (κ2) is 13.4. The molecule has 9 heteroatoms. The number of esters is 2. The summed E-state index contributed by atoms with van der Waals surface area (Å²) >= 11 is 0. The molecule has 0 aliphatic heterocycles. The van der Waals surface area contributed by atoms with E-state index < -0.39 is 40.1 Å². The molecule has 0 radical (unpaired) electrons. The Labute approximate surface area is 243 Å². The summed E-state index contributed by atoms with van der Waals surface area (Å²) in [6.45, 7) is 0. The quantitative estimate of drug-likeness (QED) is 0.118. The number of hydrogen-bond donors (Lipinski definition) is 1. The zero-order chi connectivity index (χ0) is 30.1. The third kappa shape index (κ3) is 6.05. The Balaban J connectivity index is 1.90. The Morgan fingerprint density at radius 2 is 1.19 bits per heavy atom. The zero-order valence-corrected chi connectivity index (χ0v) is 23.1. The van der Waals surface area contributed by atoms with Crippen molar-refractivity contribution in [3.8, 4) is 0 Å². The average Bonchev–Trinajstić information content (AvgIpc) is 3.04. The van der Waals surface area contributed by atoms with Crippen LogP contribution < -0.4 is 5.32 Å². The van der Waals surface area contributed by atoms with Gasteiger partial charge in [-0.15, -0.1) is 0 Å². The number of carbonyl (C=O) groups is 3. The Morgan fingerprint density at radius 1 is 0.738 bits per heavy atom. The molecule has 4 rings (SSSR count). The molecule has 2 atom stereocenters. The minimum Gasteiger partial charge on any atom is -0.469 e. The van der Waals surface area contributed by atoms with Crippen molar-refractivity contribution in [2.45, 2.75) is 23.8 Å². The molecule has 42 heavy (non-hydrogen) atoms. The van der Waals surface area contributed by atoms with Crippen LogP contribution in [0.2, 0.25) is 0 Å². The lowest BCUT2D eigenvalue weighted by atomic mass is 9.68. The van der Waals surface area contributed by atoms with Crippen LogP contribution in [0.4, 0.5) is 5.69 Å². The molecule has 4 aromatic carbocycles. The van der Waals surface area contributed by atoms with Crippen LogP contribution >= 0.6 is 0 Å². The van der Waals surface area contributed by atoms with Gasteiger partial charge < -0.3 is 14.8 Å². The highest BCUT2D eigenvalue weighted by Gasteiger charge is 2.46. The molecule has 0 fully saturated rings. The van der Waals surface area contributed by atoms with Gasteiger partial charge in [0.25, 0.3) is 5.69 Å². The Bertz CT molecular complexity index is 1430. The molecule has 0 bridgehead atoms. The smallest absolute Gasteiger partial charge is 0.329 e. The van der Waals surface area contributed by atoms with Gasteiger partial charge in [0.15, 0.2) is 0 Å². The highest BCUT2D eigenvalue weighted by atomic mass is 16.6. The number of hydrogen-bond acceptors (Lipinski definition) is 7. The Morgan fingerprint density at radius 3 is 1.57 bits per heavy atom. The number of amides is 1. The fourth-order valence-corrected chi connectivity index (χ4v) is 5.19. The highest BCUT2D eigenvalue weighted by molar-refractivity contribution is 5.98. The monoisotopic (exact) mass is 566 g/mol. The molecular formula is C33H30N2O7. The average molecular weight is 567 g/mol. The van der Waals surface area contributed by atoms with E-state index in [9.17, 15) is 24.5 Å². The van der Waals surface area contributed by atoms with Gasteiger partial charge in [-0.2, -0.15) is 0 Å². The first-order valence-electron chi connectivity index (χ1n) is 13.2. The molecule has 0 unspecified atom stereocenters. The first-order valence-corrected chi connectivity index (χ1v) is 13.2. The standard InChI is InChI=1S/C33H30N2O7/c1-41-29(36)22-28(23-18-20-27(21-19-23)35(39)40)30(31(37)42-2)34-32(38)33(24-12-6-3-7-13-24,25-14-8-4-9-15-25)26-16-10-5-11-17-26/h3-21,28,30H,22H2,1-2H3,(H,34,38)/t28-,30+/m0/s1. The van der Waals surface area contributed by atoms with E-state index in [1.165, 1.54) is 38.5 Å². The van der Waals surface area contributed by atoms with E-state index in [0.717, 1.165) is 0 Å². The number of carbonyl (C=O) groups excluding carboxylic acids is 3. The minimum absolute atomic E-state index is 0.162. The molecule has 214 valence electrons. The summed E-state index contributed by atoms with van der Waals surface area (Å²) in [4.78, 5) is 51.4. The number of ether oxygens (including phenoxy) is 2. The molecule has 0 spiro atoms. The van der Waals surface area contributed by atoms with Crippen LogP contribution in [-0.4, -0.2) is 43.0 Å². The van der Waals surface area contributed by atoms with Crippen LogP contribution in [0.15, 0.2) is 115 Å². The van der Waals surface area contributed by atoms with E-state index in [-0.39, 0.29) is 12.1 Å². The number of rotatable bonds is 11. The van der Waals surface area contributed by atoms with Gasteiger partial charge in [-0.25, -0.2) is 4.79 Å². The molecular weight excluding hydrogens is 536 g/mol. The van der Waals surface area contributed by atoms with Crippen molar-refractivity contribution >= 4 is 23.5 Å². The normalized spacial score (nSPS) is 12.4. The van der Waals surface area contributed by atoms with Crippen LogP contribution in [0.1, 0.15) is 34.6 Å². The van der Waals surface area contributed by atoms with Gasteiger partial charge >= 0.3 is 11.9 Å². The first-order chi connectivity index (χ1) is 20.3. The number of nitro benzene ring substituents is 1. The van der Waals surface area contributed by atoms with Crippen molar-refractivity contribution in [3.05, 3.63) is 148 Å². The van der Waals surface area contributed by atoms with E-state index in [1.54, 1.807) is 0 Å². The lowest BCUT2D eigenvalue weighted by Crippen LogP contribution is -2.54. The summed E-state index contributed by atoms with van der Waals surface area (Å²) in [5.74, 6) is -2.92. The number of nitro groups is 1. The Hall–Kier alpha value is -5.31. The largest absolute Gasteiger partial charge is 0.469 e. The lowest BCUT2D eigenvalue weighted by Gasteiger charge is -2.36. The maximum Gasteiger partial charge on any atom is 0.329 e. The van der Waals surface area contributed by atoms with E-state index in [0.29, 0.717) is 22.3 Å². The highest BCUT2D eigenvalue weighted by Crippen LogP contribution is 2.40. The molecule has 0 saturated carbocycles. The van der Waals surface area contributed by atoms with Crippen molar-refractivity contribution in [3.63, 3.8) is 0 Å². The summed E-state index contributed by atoms with van der Waals surface area (Å²) in [6.07, 6.45) is -0.302. The van der Waals surface area contributed by atoms with Gasteiger partial charge in [0, 0.05) is 18.1 Å². The summed E-state index contributed by atoms with van der Waals surface area (Å²) in [6, 6.07) is 31.7. The van der Waals surface area contributed by atoms with Gasteiger partial charge in [0.05, 0.1) is 25.6 Å². The molecule has 0 saturated heterocycles. The summed E-state index contributed by atoms with van der Waals surface area (Å²) in [7, 11) is 2.40. The fourth-order valence-electron chi connectivity index (χ4n) is 5.19. The van der Waals surface area contributed by atoms with Crippen LogP contribution in [0.3, 0.4) is 0 Å². The van der Waals surface area contributed by atoms with E-state index >= 15 is 0 Å². The summed E-state index contributed by atoms with van der Waals surface area (Å²) in [5.41, 5.74) is 0.813. The second-order valence-corrected chi connectivity index (χ2v) is 9.56. The molecule has 0 heterocycles. The second-order valence-electron chi connectivity index (χ2n) is 9.56. The topological polar surface area (TPSA) is 125 Å². The molecule has 0 aliphatic rings. The fraction of sp³-hybridized carbons (Fsp3) is 0.182. The van der Waals surface area contributed by atoms with Crippen LogP contribution in [0.5, 0.6) is 0 Å². The number of nitrogens with zero attached hydrogens (tertiary/aromatic N) is 1. The predicted molar refractivity (Wildman–Crippen MR) is 156 cm³/mol. The lowest BCUT2D eigenvalue weighted by molar-refractivity contribution is -0.384. The third-order valence-electron chi connectivity index (χ3n) is 7.25. The van der Waals surface area contributed by atoms with Crippen LogP contribution in [0, 0.1) is 10.1 Å². The van der Waals surface area contributed by atoms with Gasteiger partial charge in [-0.3, -0.25) is 19.7 Å². The van der Waals surface area contributed by atoms with E-state index in [2.05, 4.69) is 5.32 Å². The number of benzene rings is 4. The van der Waals surface area contributed by atoms with Crippen molar-refractivity contribution < 1.29 is 28.8 Å². The molecule has 9 nitrogen and oxygen atoms in total. The molecule has 1 amide bonds. The zero-order valence-electron chi connectivity index (χ0n) is 23.1. The van der Waals surface area contributed by atoms with E-state index in [4.69, 9.17) is 9.47 Å². The number of nitrogens with one attached hydrogen (secondary N) is 1. The van der Waals surface area contributed by atoms with Crippen molar-refractivity contribution in [2.75, 3.05) is 14.2 Å². The molecule has 1 N–H and O–H groups in total. The van der Waals surface area contributed by atoms with Crippen molar-refractivity contribution in [2.24, 2.45) is 0 Å². The van der Waals surface area contributed by atoms with Crippen molar-refractivity contribution in [1.82, 2.24) is 5.32 Å². The van der Waals surface area contributed by atoms with Gasteiger partial charge in [-0.05, 0) is 22.3 Å². The number of non-ortho nitro benzene ring substituents is 1. The van der Waals surface area contributed by atoms with Gasteiger partial charge in [0.1, 0.15) is 11.5 Å². The first kappa shape index (κ1) is 29.7. The molecule has 0 aliphatic carbocycles. The maximum absolute atomic E-state index is 14.8. The number of methoxy groups -OCH3 is 2. The maximum atomic E-state index is 14.8. The Kier molecular flexibility index (Phi) is 9.44. The molecule has 4 aromatic rings. The van der Waals surface area contributed by atoms with Crippen LogP contribution in [-0.2, 0) is 29.3 Å². The minimum atomic E-state index is -1.40. The third-order valence-corrected chi connectivity index (χ3v) is 7.25. The van der Waals surface area contributed by atoms with Gasteiger partial charge in [0.2, 0.25) is 5.91 Å². The van der Waals surface area contributed by atoms with Crippen LogP contribution in [0.25, 0.3) is 0 Å². The predicted octanol–water partition coefficient (Wildman–Crippen LogP) is 4.93. The summed E-state index contributed by atoms with van der Waals surface area (Å²) < 4.78 is 10.0. The van der Waals surface area contributed by atoms with Gasteiger partial charge in [-0.1, -0.05) is 103 Å².